The van der Waals surface area contributed by atoms with Crippen molar-refractivity contribution in [3.8, 4) is 23.0 Å². The van der Waals surface area contributed by atoms with Crippen molar-refractivity contribution < 1.29 is 57.1 Å². The first-order valence-electron chi connectivity index (χ1n) is 30.1. The van der Waals surface area contributed by atoms with Crippen LogP contribution in [0.25, 0.3) is 11.1 Å². The molecule has 0 radical (unpaired) electrons. The Hall–Kier alpha value is -6.46. The molecule has 16 nitrogen and oxygen atoms in total. The Kier molecular flexibility index (Phi) is 24.9. The Morgan fingerprint density at radius 1 is 0.439 bits per heavy atom. The summed E-state index contributed by atoms with van der Waals surface area (Å²) in [6.45, 7) is 16.7. The van der Waals surface area contributed by atoms with Crippen molar-refractivity contribution in [2.24, 2.45) is 0 Å². The van der Waals surface area contributed by atoms with E-state index in [0.29, 0.717) is 150 Å². The molecule has 0 amide bonds. The number of anilines is 2. The average Bonchev–Trinajstić information content (AvgIpc) is 3.33. The third kappa shape index (κ3) is 16.4. The van der Waals surface area contributed by atoms with Crippen LogP contribution in [-0.2, 0) is 38.1 Å². The van der Waals surface area contributed by atoms with Crippen LogP contribution in [0.15, 0.2) is 72.8 Å². The Morgan fingerprint density at radius 2 is 0.780 bits per heavy atom. The van der Waals surface area contributed by atoms with Crippen LogP contribution in [0, 0.1) is 0 Å². The molecule has 444 valence electrons. The molecule has 0 aromatic heterocycles. The van der Waals surface area contributed by atoms with Gasteiger partial charge in [-0.05, 0) is 62.8 Å². The van der Waals surface area contributed by atoms with Gasteiger partial charge in [0.25, 0.3) is 0 Å². The van der Waals surface area contributed by atoms with E-state index < -0.39 is 11.8 Å². The summed E-state index contributed by atoms with van der Waals surface area (Å²) < 4.78 is 53.5. The van der Waals surface area contributed by atoms with Crippen LogP contribution >= 0.6 is 0 Å². The van der Waals surface area contributed by atoms with Crippen LogP contribution in [0.4, 0.5) is 11.4 Å². The molecule has 0 atom stereocenters. The van der Waals surface area contributed by atoms with E-state index in [2.05, 4.69) is 46.6 Å². The van der Waals surface area contributed by atoms with E-state index in [4.69, 9.17) is 37.9 Å². The minimum atomic E-state index is -0.961. The van der Waals surface area contributed by atoms with Crippen molar-refractivity contribution in [3.63, 3.8) is 0 Å². The summed E-state index contributed by atoms with van der Waals surface area (Å²) in [7, 11) is 7.94. The number of ether oxygens (including phenoxy) is 8. The van der Waals surface area contributed by atoms with Gasteiger partial charge < -0.3 is 47.7 Å². The molecular weight excluding hydrogens is 1040 g/mol. The topological polar surface area (TPSA) is 155 Å². The van der Waals surface area contributed by atoms with Gasteiger partial charge in [-0.15, -0.1) is 0 Å². The van der Waals surface area contributed by atoms with Crippen LogP contribution in [0.5, 0.6) is 23.0 Å². The van der Waals surface area contributed by atoms with Crippen LogP contribution in [0.2, 0.25) is 0 Å². The molecule has 2 saturated carbocycles. The lowest BCUT2D eigenvalue weighted by Crippen LogP contribution is -2.42. The molecule has 0 unspecified atom stereocenters. The Balaban J connectivity index is 1.10. The van der Waals surface area contributed by atoms with Gasteiger partial charge >= 0.3 is 0 Å². The number of benzene rings is 4. The summed E-state index contributed by atoms with van der Waals surface area (Å²) in [6.07, 6.45) is 8.52. The van der Waals surface area contributed by atoms with E-state index in [9.17, 15) is 19.2 Å². The van der Waals surface area contributed by atoms with Gasteiger partial charge in [0.15, 0.2) is 36.2 Å². The van der Waals surface area contributed by atoms with E-state index in [-0.39, 0.29) is 34.3 Å². The second kappa shape index (κ2) is 32.4. The number of hydrogen-bond donors (Lipinski definition) is 0. The average molecular weight is 1130 g/mol. The number of carbonyl (C=O) groups is 4. The molecule has 22 rings (SSSR count). The van der Waals surface area contributed by atoms with E-state index in [1.165, 1.54) is 0 Å². The van der Waals surface area contributed by atoms with Crippen LogP contribution in [0.1, 0.15) is 115 Å². The number of rotatable bonds is 16. The molecule has 4 aromatic rings. The minimum absolute atomic E-state index is 0.157. The van der Waals surface area contributed by atoms with Gasteiger partial charge in [-0.3, -0.25) is 19.2 Å². The number of nitrogens with zero attached hydrogens (tertiary/aromatic N) is 4. The lowest BCUT2D eigenvalue weighted by atomic mass is 9.71. The van der Waals surface area contributed by atoms with E-state index >= 15 is 0 Å². The summed E-state index contributed by atoms with van der Waals surface area (Å²) in [5.74, 6) is -0.794. The van der Waals surface area contributed by atoms with Crippen LogP contribution in [-0.4, -0.2) is 157 Å². The standard InChI is InChI=1S/C66H90N4O12/c1-9-13-35-79-55-43-47-19-23-51(55)59-63(71)60(64(59)72)52-24-20-48(44-56(52)80-36-14-10-2)68(6)28-40-77-33-18-34-78-42-30-70(8)50-22-26-54(58(46-50)82-38-16-12-4)62-65(73)61(66(62)74)53-25-21-49(45-57(53)81-37-15-11-3)69(7)29-41-76-32-17-31-75-39-27-67(47)5/h19-26,43-46,59,62H,9-18,27-42H2,1-8H3/q+2. The van der Waals surface area contributed by atoms with Gasteiger partial charge in [-0.1, -0.05) is 65.5 Å². The zero-order valence-electron chi connectivity index (χ0n) is 50.2. The van der Waals surface area contributed by atoms with Gasteiger partial charge in [-0.25, -0.2) is 9.15 Å². The zero-order valence-corrected chi connectivity index (χ0v) is 50.2. The van der Waals surface area contributed by atoms with Gasteiger partial charge in [0.05, 0.1) is 62.9 Å². The first kappa shape index (κ1) is 63.1. The van der Waals surface area contributed by atoms with Gasteiger partial charge in [0, 0.05) is 111 Å². The molecule has 2 fully saturated rings. The normalized spacial score (nSPS) is 18.6. The third-order valence-corrected chi connectivity index (χ3v) is 15.3. The Labute approximate surface area is 485 Å². The molecule has 2 aliphatic carbocycles. The highest BCUT2D eigenvalue weighted by atomic mass is 16.5. The molecule has 18 aliphatic rings. The van der Waals surface area contributed by atoms with Crippen molar-refractivity contribution in [2.75, 3.05) is 143 Å². The first-order chi connectivity index (χ1) is 39.9. The van der Waals surface area contributed by atoms with Gasteiger partial charge in [0.1, 0.15) is 62.1 Å². The third-order valence-electron chi connectivity index (χ3n) is 15.3. The molecule has 82 heavy (non-hydrogen) atoms. The summed E-state index contributed by atoms with van der Waals surface area (Å²) >= 11 is 0. The van der Waals surface area contributed by atoms with Gasteiger partial charge in [0.2, 0.25) is 10.7 Å². The predicted molar refractivity (Wildman–Crippen MR) is 321 cm³/mol. The van der Waals surface area contributed by atoms with E-state index in [1.54, 1.807) is 0 Å². The number of unbranched alkanes of at least 4 members (excludes halogenated alkanes) is 4. The Bertz CT molecular complexity index is 2840. The molecule has 4 aromatic carbocycles. The van der Waals surface area contributed by atoms with Crippen LogP contribution < -0.4 is 59.1 Å². The fourth-order valence-corrected chi connectivity index (χ4v) is 9.96. The van der Waals surface area contributed by atoms with Crippen molar-refractivity contribution >= 4 is 45.7 Å². The summed E-state index contributed by atoms with van der Waals surface area (Å²) in [5, 5.41) is 2.78. The lowest BCUT2D eigenvalue weighted by Gasteiger charge is -2.29. The molecule has 0 saturated heterocycles. The fourth-order valence-electron chi connectivity index (χ4n) is 9.96. The number of likely N-dealkylation sites (N-methyl/N-ethyl adjacent to an activating group) is 4. The fraction of sp³-hybridized carbons (Fsp3) is 0.545. The maximum Gasteiger partial charge on any atom is 0.203 e. The highest BCUT2D eigenvalue weighted by Crippen LogP contribution is 2.42. The maximum atomic E-state index is 14.2. The number of hydrogen-bond acceptors (Lipinski definition) is 14. The van der Waals surface area contributed by atoms with E-state index in [1.807, 2.05) is 101 Å². The van der Waals surface area contributed by atoms with Crippen molar-refractivity contribution in [1.29, 1.82) is 0 Å². The summed E-state index contributed by atoms with van der Waals surface area (Å²) in [5.41, 5.74) is 3.23. The SMILES string of the molecule is CCCCOc1cc2ccc1C1C(=O)C(=c3ccc(cc3OCCCC)=[N+](C)CCOCCCOCCN(C)c3ccc(c(OCCCC)c3)C3C(=O)C(=c4ccc(cc4OCCCC)=[N+](C)CCOCCCOCCN2C)C3=O)C1=O. The maximum absolute atomic E-state index is 14.2. The second-order valence-electron chi connectivity index (χ2n) is 21.5. The van der Waals surface area contributed by atoms with Crippen molar-refractivity contribution in [2.45, 2.75) is 104 Å². The molecular formula is C66H90N4O12+2. The number of ketones is 4. The smallest absolute Gasteiger partial charge is 0.203 e. The molecule has 16 heteroatoms. The highest BCUT2D eigenvalue weighted by molar-refractivity contribution is 6.59. The van der Waals surface area contributed by atoms with Crippen molar-refractivity contribution in [3.05, 3.63) is 105 Å². The summed E-state index contributed by atoms with van der Waals surface area (Å²) in [4.78, 5) is 61.0. The number of Topliss-reactive ketones (excluding diaryl/α,β-unsaturated/α-hetero) is 4. The monoisotopic (exact) mass is 1130 g/mol. The predicted octanol–water partition coefficient (Wildman–Crippen LogP) is 6.25. The molecule has 16 aliphatic heterocycles. The molecule has 12 bridgehead atoms. The molecule has 16 heterocycles. The zero-order chi connectivity index (χ0) is 58.4. The second-order valence-corrected chi connectivity index (χ2v) is 21.5. The lowest BCUT2D eigenvalue weighted by molar-refractivity contribution is -0.131. The Morgan fingerprint density at radius 3 is 1.13 bits per heavy atom. The number of carbonyl (C=O) groups excluding carboxylic acids is 4. The summed E-state index contributed by atoms with van der Waals surface area (Å²) in [6, 6.07) is 22.8. The molecule has 0 N–H and O–H groups in total. The van der Waals surface area contributed by atoms with Gasteiger partial charge in [-0.2, -0.15) is 0 Å². The largest absolute Gasteiger partial charge is 0.493 e. The molecule has 0 spiro atoms. The minimum Gasteiger partial charge on any atom is -0.493 e. The first-order valence-corrected chi connectivity index (χ1v) is 30.1. The van der Waals surface area contributed by atoms with Crippen molar-refractivity contribution in [1.82, 2.24) is 9.15 Å². The van der Waals surface area contributed by atoms with E-state index in [0.717, 1.165) is 86.3 Å². The quantitative estimate of drug-likeness (QED) is 0.0706. The highest BCUT2D eigenvalue weighted by Gasteiger charge is 2.48. The van der Waals surface area contributed by atoms with Crippen LogP contribution in [0.3, 0.4) is 0 Å².